The van der Waals surface area contributed by atoms with Gasteiger partial charge in [-0.25, -0.2) is 12.8 Å². The Labute approximate surface area is 155 Å². The van der Waals surface area contributed by atoms with Crippen molar-refractivity contribution in [3.8, 4) is 0 Å². The molecule has 0 amide bonds. The van der Waals surface area contributed by atoms with Gasteiger partial charge in [-0.15, -0.1) is 0 Å². The zero-order valence-electron chi connectivity index (χ0n) is 14.7. The number of halogens is 1. The molecule has 2 aromatic carbocycles. The molecule has 138 valence electrons. The van der Waals surface area contributed by atoms with Gasteiger partial charge >= 0.3 is 5.97 Å². The van der Waals surface area contributed by atoms with Gasteiger partial charge in [0, 0.05) is 38.7 Å². The summed E-state index contributed by atoms with van der Waals surface area (Å²) in [4.78, 5) is 11.4. The number of rotatable bonds is 3. The lowest BCUT2D eigenvalue weighted by Crippen LogP contribution is -2.10. The maximum atomic E-state index is 13.9. The van der Waals surface area contributed by atoms with Crippen molar-refractivity contribution in [1.82, 2.24) is 4.57 Å². The normalized spacial score (nSPS) is 15.0. The van der Waals surface area contributed by atoms with E-state index in [2.05, 4.69) is 0 Å². The molecule has 0 unspecified atom stereocenters. The fourth-order valence-corrected chi connectivity index (χ4v) is 5.13. The second-order valence-corrected chi connectivity index (χ2v) is 8.44. The summed E-state index contributed by atoms with van der Waals surface area (Å²) in [6, 6.07) is 9.18. The van der Waals surface area contributed by atoms with Crippen LogP contribution in [0.4, 0.5) is 4.39 Å². The molecule has 0 spiro atoms. The van der Waals surface area contributed by atoms with Crippen molar-refractivity contribution in [2.75, 3.05) is 0 Å². The minimum Gasteiger partial charge on any atom is -0.480 e. The van der Waals surface area contributed by atoms with Crippen LogP contribution in [0, 0.1) is 19.7 Å². The van der Waals surface area contributed by atoms with E-state index in [4.69, 9.17) is 0 Å². The Morgan fingerprint density at radius 3 is 2.59 bits per heavy atom. The van der Waals surface area contributed by atoms with Crippen molar-refractivity contribution < 1.29 is 22.7 Å². The van der Waals surface area contributed by atoms with Gasteiger partial charge in [-0.05, 0) is 44.2 Å². The first kappa shape index (κ1) is 17.5. The van der Waals surface area contributed by atoms with Crippen LogP contribution in [-0.2, 0) is 21.2 Å². The van der Waals surface area contributed by atoms with Gasteiger partial charge in [0.2, 0.25) is 9.84 Å². The quantitative estimate of drug-likeness (QED) is 0.698. The topological polar surface area (TPSA) is 76.4 Å². The van der Waals surface area contributed by atoms with Crippen molar-refractivity contribution in [2.24, 2.45) is 0 Å². The predicted octanol–water partition coefficient (Wildman–Crippen LogP) is 3.66. The van der Waals surface area contributed by atoms with Gasteiger partial charge in [-0.1, -0.05) is 11.6 Å². The van der Waals surface area contributed by atoms with Gasteiger partial charge in [0.05, 0.1) is 4.90 Å². The first-order chi connectivity index (χ1) is 12.7. The Hall–Kier alpha value is -2.93. The fraction of sp³-hybridized carbons (Fsp3) is 0.150. The maximum Gasteiger partial charge on any atom is 0.323 e. The predicted molar refractivity (Wildman–Crippen MR) is 99.7 cm³/mol. The number of fused-ring (bicyclic) bond motifs is 2. The molecule has 2 heterocycles. The lowest BCUT2D eigenvalue weighted by atomic mass is 9.96. The van der Waals surface area contributed by atoms with Crippen LogP contribution in [0.2, 0.25) is 0 Å². The Morgan fingerprint density at radius 1 is 1.15 bits per heavy atom. The average Bonchev–Trinajstić information content (AvgIpc) is 2.98. The molecule has 3 aromatic rings. The van der Waals surface area contributed by atoms with Crippen molar-refractivity contribution >= 4 is 32.3 Å². The number of carbonyl (C=O) groups is 1. The van der Waals surface area contributed by atoms with E-state index < -0.39 is 21.6 Å². The van der Waals surface area contributed by atoms with Gasteiger partial charge in [0.25, 0.3) is 0 Å². The van der Waals surface area contributed by atoms with E-state index in [9.17, 15) is 22.7 Å². The molecule has 5 nitrogen and oxygen atoms in total. The SMILES string of the molecule is Cc1ccc2c(c1)c(C1=CS(=O)(=O)c3ccc(F)cc31)c(C)n2CC(=O)O. The molecule has 0 aliphatic carbocycles. The van der Waals surface area contributed by atoms with Crippen LogP contribution in [0.3, 0.4) is 0 Å². The summed E-state index contributed by atoms with van der Waals surface area (Å²) < 4.78 is 40.6. The van der Waals surface area contributed by atoms with Crippen molar-refractivity contribution in [1.29, 1.82) is 0 Å². The smallest absolute Gasteiger partial charge is 0.323 e. The van der Waals surface area contributed by atoms with Crippen LogP contribution in [-0.4, -0.2) is 24.1 Å². The first-order valence-corrected chi connectivity index (χ1v) is 9.82. The van der Waals surface area contributed by atoms with Gasteiger partial charge in [0.15, 0.2) is 0 Å². The molecular weight excluding hydrogens is 369 g/mol. The molecule has 7 heteroatoms. The number of carboxylic acids is 1. The van der Waals surface area contributed by atoms with E-state index >= 15 is 0 Å². The van der Waals surface area contributed by atoms with Crippen LogP contribution >= 0.6 is 0 Å². The number of hydrogen-bond acceptors (Lipinski definition) is 3. The van der Waals surface area contributed by atoms with Gasteiger partial charge in [0.1, 0.15) is 12.4 Å². The van der Waals surface area contributed by atoms with Crippen molar-refractivity contribution in [3.05, 3.63) is 70.0 Å². The van der Waals surface area contributed by atoms with Gasteiger partial charge in [-0.3, -0.25) is 4.79 Å². The number of carboxylic acid groups (broad SMARTS) is 1. The first-order valence-electron chi connectivity index (χ1n) is 8.27. The molecule has 0 atom stereocenters. The van der Waals surface area contributed by atoms with E-state index in [1.165, 1.54) is 12.1 Å². The van der Waals surface area contributed by atoms with Gasteiger partial charge < -0.3 is 9.67 Å². The minimum atomic E-state index is -3.68. The summed E-state index contributed by atoms with van der Waals surface area (Å²) in [6.07, 6.45) is 0. The Morgan fingerprint density at radius 2 is 1.89 bits per heavy atom. The van der Waals surface area contributed by atoms with Gasteiger partial charge in [-0.2, -0.15) is 0 Å². The molecule has 0 fully saturated rings. The Balaban J connectivity index is 2.09. The van der Waals surface area contributed by atoms with E-state index in [1.807, 2.05) is 25.1 Å². The number of hydrogen-bond donors (Lipinski definition) is 1. The summed E-state index contributed by atoms with van der Waals surface area (Å²) in [6.45, 7) is 3.40. The maximum absolute atomic E-state index is 13.9. The third-order valence-electron chi connectivity index (χ3n) is 4.85. The summed E-state index contributed by atoms with van der Waals surface area (Å²) in [5.41, 5.74) is 3.57. The number of aromatic nitrogens is 1. The van der Waals surface area contributed by atoms with Crippen molar-refractivity contribution in [3.63, 3.8) is 0 Å². The third kappa shape index (κ3) is 2.66. The fourth-order valence-electron chi connectivity index (χ4n) is 3.71. The van der Waals surface area contributed by atoms with E-state index in [-0.39, 0.29) is 11.4 Å². The molecule has 0 radical (unpaired) electrons. The number of benzene rings is 2. The molecule has 1 N–H and O–H groups in total. The minimum absolute atomic E-state index is 0.0603. The zero-order chi connectivity index (χ0) is 19.5. The highest BCUT2D eigenvalue weighted by atomic mass is 32.2. The Kier molecular flexibility index (Phi) is 3.75. The van der Waals surface area contributed by atoms with Crippen molar-refractivity contribution in [2.45, 2.75) is 25.3 Å². The summed E-state index contributed by atoms with van der Waals surface area (Å²) in [7, 11) is -3.68. The number of nitrogens with zero attached hydrogens (tertiary/aromatic N) is 1. The highest BCUT2D eigenvalue weighted by Crippen LogP contribution is 2.42. The molecule has 1 aliphatic rings. The lowest BCUT2D eigenvalue weighted by molar-refractivity contribution is -0.137. The van der Waals surface area contributed by atoms with Crippen LogP contribution in [0.15, 0.2) is 46.7 Å². The number of sulfone groups is 1. The second kappa shape index (κ2) is 5.79. The summed E-state index contributed by atoms with van der Waals surface area (Å²) in [5.74, 6) is -1.53. The molecular formula is C20H16FNO4S. The van der Waals surface area contributed by atoms with E-state index in [0.29, 0.717) is 27.9 Å². The van der Waals surface area contributed by atoms with Crippen LogP contribution in [0.25, 0.3) is 16.5 Å². The van der Waals surface area contributed by atoms with Crippen LogP contribution in [0.5, 0.6) is 0 Å². The molecule has 27 heavy (non-hydrogen) atoms. The third-order valence-corrected chi connectivity index (χ3v) is 6.37. The molecule has 1 aliphatic heterocycles. The van der Waals surface area contributed by atoms with Crippen LogP contribution < -0.4 is 0 Å². The average molecular weight is 385 g/mol. The molecule has 1 aromatic heterocycles. The molecule has 0 bridgehead atoms. The van der Waals surface area contributed by atoms with E-state index in [1.54, 1.807) is 11.5 Å². The number of aliphatic carboxylic acids is 1. The Bertz CT molecular complexity index is 1270. The highest BCUT2D eigenvalue weighted by Gasteiger charge is 2.31. The summed E-state index contributed by atoms with van der Waals surface area (Å²) in [5, 5.41) is 11.2. The largest absolute Gasteiger partial charge is 0.480 e. The monoisotopic (exact) mass is 385 g/mol. The number of aryl methyl sites for hydroxylation is 1. The molecule has 0 saturated carbocycles. The molecule has 0 saturated heterocycles. The van der Waals surface area contributed by atoms with E-state index in [0.717, 1.165) is 22.4 Å². The zero-order valence-corrected chi connectivity index (χ0v) is 15.5. The summed E-state index contributed by atoms with van der Waals surface area (Å²) >= 11 is 0. The second-order valence-electron chi connectivity index (χ2n) is 6.68. The lowest BCUT2D eigenvalue weighted by Gasteiger charge is -2.07. The highest BCUT2D eigenvalue weighted by molar-refractivity contribution is 7.95. The molecule has 4 rings (SSSR count). The standard InChI is InChI=1S/C20H16FNO4S/c1-11-3-5-17-15(7-11)20(12(2)22(17)9-19(23)24)16-10-27(25,26)18-6-4-13(21)8-14(16)18/h3-8,10H,9H2,1-2H3,(H,23,24). The van der Waals surface area contributed by atoms with Crippen LogP contribution in [0.1, 0.15) is 22.4 Å².